The Labute approximate surface area is 131 Å². The highest BCUT2D eigenvalue weighted by Gasteiger charge is 2.08. The quantitative estimate of drug-likeness (QED) is 0.860. The number of hydrogen-bond donors (Lipinski definition) is 2. The van der Waals surface area contributed by atoms with Gasteiger partial charge in [-0.05, 0) is 48.4 Å². The van der Waals surface area contributed by atoms with Gasteiger partial charge in [0.25, 0.3) is 0 Å². The number of carbonyl (C=O) groups is 1. The number of anilines is 1. The van der Waals surface area contributed by atoms with E-state index in [-0.39, 0.29) is 5.82 Å². The third-order valence-electron chi connectivity index (χ3n) is 3.25. The molecule has 0 aliphatic heterocycles. The monoisotopic (exact) mass is 350 g/mol. The van der Waals surface area contributed by atoms with Crippen molar-refractivity contribution in [3.05, 3.63) is 63.4 Å². The molecule has 0 atom stereocenters. The first kappa shape index (κ1) is 15.5. The summed E-state index contributed by atoms with van der Waals surface area (Å²) >= 11 is 3.43. The van der Waals surface area contributed by atoms with Crippen LogP contribution in [0.3, 0.4) is 0 Å². The van der Waals surface area contributed by atoms with Gasteiger partial charge in [-0.25, -0.2) is 4.39 Å². The Balaban J connectivity index is 2.20. The number of primary amides is 1. The lowest BCUT2D eigenvalue weighted by Crippen LogP contribution is -2.12. The Kier molecular flexibility index (Phi) is 4.96. The molecule has 110 valence electrons. The third-order valence-corrected chi connectivity index (χ3v) is 3.74. The zero-order valence-corrected chi connectivity index (χ0v) is 13.2. The molecular weight excluding hydrogens is 335 g/mol. The van der Waals surface area contributed by atoms with E-state index in [9.17, 15) is 9.18 Å². The summed E-state index contributed by atoms with van der Waals surface area (Å²) < 4.78 is 14.8. The van der Waals surface area contributed by atoms with E-state index >= 15 is 0 Å². The van der Waals surface area contributed by atoms with Crippen LogP contribution in [0.5, 0.6) is 0 Å². The van der Waals surface area contributed by atoms with Gasteiger partial charge in [0.2, 0.25) is 5.91 Å². The van der Waals surface area contributed by atoms with E-state index in [0.717, 1.165) is 22.1 Å². The first-order valence-corrected chi connectivity index (χ1v) is 7.41. The van der Waals surface area contributed by atoms with Crippen molar-refractivity contribution in [2.45, 2.75) is 19.9 Å². The molecule has 2 rings (SSSR count). The lowest BCUT2D eigenvalue weighted by Gasteiger charge is -2.12. The molecule has 0 heterocycles. The van der Waals surface area contributed by atoms with Crippen molar-refractivity contribution in [1.82, 2.24) is 0 Å². The standard InChI is InChI=1S/C16H16BrFN2O/c1-2-10-8-13(17)4-6-15(10)20-9-12-7-11(16(19)21)3-5-14(12)18/h3-8,20H,2,9H2,1H3,(H2,19,21). The second-order valence-corrected chi connectivity index (χ2v) is 5.59. The van der Waals surface area contributed by atoms with Gasteiger partial charge in [0.15, 0.2) is 0 Å². The van der Waals surface area contributed by atoms with Gasteiger partial charge in [-0.1, -0.05) is 22.9 Å². The lowest BCUT2D eigenvalue weighted by molar-refractivity contribution is 0.1000. The van der Waals surface area contributed by atoms with Gasteiger partial charge in [-0.3, -0.25) is 4.79 Å². The number of aryl methyl sites for hydroxylation is 1. The van der Waals surface area contributed by atoms with Gasteiger partial charge in [-0.2, -0.15) is 0 Å². The van der Waals surface area contributed by atoms with E-state index in [1.807, 2.05) is 18.2 Å². The number of carbonyl (C=O) groups excluding carboxylic acids is 1. The Bertz CT molecular complexity index is 673. The topological polar surface area (TPSA) is 55.1 Å². The van der Waals surface area contributed by atoms with Crippen LogP contribution in [-0.4, -0.2) is 5.91 Å². The Morgan fingerprint density at radius 2 is 2.00 bits per heavy atom. The van der Waals surface area contributed by atoms with E-state index < -0.39 is 5.91 Å². The van der Waals surface area contributed by atoms with Crippen LogP contribution in [-0.2, 0) is 13.0 Å². The summed E-state index contributed by atoms with van der Waals surface area (Å²) in [6.45, 7) is 2.35. The molecule has 3 N–H and O–H groups in total. The fourth-order valence-corrected chi connectivity index (χ4v) is 2.49. The van der Waals surface area contributed by atoms with E-state index in [4.69, 9.17) is 5.73 Å². The highest BCUT2D eigenvalue weighted by atomic mass is 79.9. The summed E-state index contributed by atoms with van der Waals surface area (Å²) in [5, 5.41) is 3.20. The second-order valence-electron chi connectivity index (χ2n) is 4.68. The molecule has 3 nitrogen and oxygen atoms in total. The van der Waals surface area contributed by atoms with Crippen LogP contribution in [0.2, 0.25) is 0 Å². The lowest BCUT2D eigenvalue weighted by atomic mass is 10.1. The van der Waals surface area contributed by atoms with Crippen LogP contribution in [0.15, 0.2) is 40.9 Å². The molecule has 0 aliphatic rings. The minimum Gasteiger partial charge on any atom is -0.381 e. The summed E-state index contributed by atoms with van der Waals surface area (Å²) in [5.41, 5.74) is 8.02. The number of amides is 1. The Morgan fingerprint density at radius 3 is 2.67 bits per heavy atom. The van der Waals surface area contributed by atoms with Gasteiger partial charge in [-0.15, -0.1) is 0 Å². The third kappa shape index (κ3) is 3.82. The number of halogens is 2. The molecule has 0 saturated carbocycles. The molecule has 0 radical (unpaired) electrons. The van der Waals surface area contributed by atoms with Gasteiger partial charge in [0.1, 0.15) is 5.82 Å². The van der Waals surface area contributed by atoms with Crippen molar-refractivity contribution in [2.24, 2.45) is 5.73 Å². The number of benzene rings is 2. The van der Waals surface area contributed by atoms with Crippen molar-refractivity contribution < 1.29 is 9.18 Å². The summed E-state index contributed by atoms with van der Waals surface area (Å²) in [6, 6.07) is 10.0. The van der Waals surface area contributed by atoms with Crippen LogP contribution in [0.4, 0.5) is 10.1 Å². The summed E-state index contributed by atoms with van der Waals surface area (Å²) in [6.07, 6.45) is 0.867. The highest BCUT2D eigenvalue weighted by molar-refractivity contribution is 9.10. The van der Waals surface area contributed by atoms with Gasteiger partial charge in [0.05, 0.1) is 0 Å². The first-order valence-electron chi connectivity index (χ1n) is 6.61. The van der Waals surface area contributed by atoms with Crippen LogP contribution in [0.1, 0.15) is 28.4 Å². The Hall–Kier alpha value is -1.88. The maximum atomic E-state index is 13.8. The van der Waals surface area contributed by atoms with E-state index in [2.05, 4.69) is 28.2 Å². The van der Waals surface area contributed by atoms with Crippen molar-refractivity contribution in [1.29, 1.82) is 0 Å². The molecule has 5 heteroatoms. The molecule has 0 aliphatic carbocycles. The second kappa shape index (κ2) is 6.72. The summed E-state index contributed by atoms with van der Waals surface area (Å²) in [7, 11) is 0. The van der Waals surface area contributed by atoms with Gasteiger partial charge >= 0.3 is 0 Å². The normalized spacial score (nSPS) is 10.4. The molecule has 0 fully saturated rings. The van der Waals surface area contributed by atoms with Crippen molar-refractivity contribution in [3.8, 4) is 0 Å². The molecule has 1 amide bonds. The van der Waals surface area contributed by atoms with Crippen molar-refractivity contribution in [3.63, 3.8) is 0 Å². The molecule has 0 saturated heterocycles. The minimum atomic E-state index is -0.561. The van der Waals surface area contributed by atoms with Gasteiger partial charge in [0, 0.05) is 27.8 Å². The smallest absolute Gasteiger partial charge is 0.248 e. The van der Waals surface area contributed by atoms with Crippen molar-refractivity contribution in [2.75, 3.05) is 5.32 Å². The fraction of sp³-hybridized carbons (Fsp3) is 0.188. The zero-order valence-electron chi connectivity index (χ0n) is 11.6. The SMILES string of the molecule is CCc1cc(Br)ccc1NCc1cc(C(N)=O)ccc1F. The van der Waals surface area contributed by atoms with E-state index in [1.165, 1.54) is 18.2 Å². The molecule has 0 spiro atoms. The molecule has 21 heavy (non-hydrogen) atoms. The molecule has 2 aromatic carbocycles. The maximum Gasteiger partial charge on any atom is 0.248 e. The van der Waals surface area contributed by atoms with Gasteiger partial charge < -0.3 is 11.1 Å². The summed E-state index contributed by atoms with van der Waals surface area (Å²) in [5.74, 6) is -0.920. The van der Waals surface area contributed by atoms with Crippen LogP contribution in [0.25, 0.3) is 0 Å². The summed E-state index contributed by atoms with van der Waals surface area (Å²) in [4.78, 5) is 11.2. The molecule has 0 aromatic heterocycles. The number of nitrogens with two attached hydrogens (primary N) is 1. The highest BCUT2D eigenvalue weighted by Crippen LogP contribution is 2.22. The van der Waals surface area contributed by atoms with E-state index in [0.29, 0.717) is 17.7 Å². The number of rotatable bonds is 5. The van der Waals surface area contributed by atoms with Crippen molar-refractivity contribution >= 4 is 27.5 Å². The predicted octanol–water partition coefficient (Wildman–Crippen LogP) is 3.86. The van der Waals surface area contributed by atoms with Crippen LogP contribution >= 0.6 is 15.9 Å². The number of nitrogens with one attached hydrogen (secondary N) is 1. The van der Waals surface area contributed by atoms with E-state index in [1.54, 1.807) is 0 Å². The fourth-order valence-electron chi connectivity index (χ4n) is 2.08. The average molecular weight is 351 g/mol. The molecule has 0 bridgehead atoms. The Morgan fingerprint density at radius 1 is 1.24 bits per heavy atom. The average Bonchev–Trinajstić information content (AvgIpc) is 2.47. The minimum absolute atomic E-state index is 0.293. The zero-order chi connectivity index (χ0) is 15.4. The van der Waals surface area contributed by atoms with Crippen LogP contribution in [0, 0.1) is 5.82 Å². The number of hydrogen-bond acceptors (Lipinski definition) is 2. The molecular formula is C16H16BrFN2O. The maximum absolute atomic E-state index is 13.8. The van der Waals surface area contributed by atoms with Crippen LogP contribution < -0.4 is 11.1 Å². The first-order chi connectivity index (χ1) is 10.0. The molecule has 0 unspecified atom stereocenters. The molecule has 2 aromatic rings. The largest absolute Gasteiger partial charge is 0.381 e. The predicted molar refractivity (Wildman–Crippen MR) is 85.8 cm³/mol.